The molecule has 3 heteroatoms. The van der Waals surface area contributed by atoms with Crippen LogP contribution in [0.25, 0.3) is 0 Å². The summed E-state index contributed by atoms with van der Waals surface area (Å²) >= 11 is 11.8. The third-order valence-corrected chi connectivity index (χ3v) is 5.69. The second-order valence-corrected chi connectivity index (χ2v) is 6.47. The standard InChI is InChI=1S/C15H16BrClS/c1-3-10-5-6-12(9-11(10)4-2)14(17)15-13(16)7-8-18-15/h5-9,14H,3-4H2,1-2H3. The molecule has 0 nitrogen and oxygen atoms in total. The lowest BCUT2D eigenvalue weighted by Gasteiger charge is -2.13. The molecular formula is C15H16BrClS. The fraction of sp³-hybridized carbons (Fsp3) is 0.333. The first kappa shape index (κ1) is 14.1. The van der Waals surface area contributed by atoms with Crippen molar-refractivity contribution in [3.05, 3.63) is 55.7 Å². The van der Waals surface area contributed by atoms with E-state index in [0.717, 1.165) is 17.3 Å². The molecule has 0 bridgehead atoms. The highest BCUT2D eigenvalue weighted by atomic mass is 79.9. The van der Waals surface area contributed by atoms with Gasteiger partial charge in [0.05, 0.1) is 5.38 Å². The van der Waals surface area contributed by atoms with Crippen LogP contribution in [0.2, 0.25) is 0 Å². The third-order valence-electron chi connectivity index (χ3n) is 3.16. The van der Waals surface area contributed by atoms with Gasteiger partial charge in [-0.1, -0.05) is 32.0 Å². The first-order chi connectivity index (χ1) is 8.67. The van der Waals surface area contributed by atoms with Gasteiger partial charge in [-0.15, -0.1) is 22.9 Å². The molecule has 0 aliphatic rings. The molecule has 0 fully saturated rings. The van der Waals surface area contributed by atoms with Crippen LogP contribution in [0.15, 0.2) is 34.1 Å². The number of thiophene rings is 1. The summed E-state index contributed by atoms with van der Waals surface area (Å²) in [6.45, 7) is 4.39. The predicted molar refractivity (Wildman–Crippen MR) is 84.9 cm³/mol. The second kappa shape index (κ2) is 6.23. The summed E-state index contributed by atoms with van der Waals surface area (Å²) in [5.41, 5.74) is 4.03. The van der Waals surface area contributed by atoms with Crippen LogP contribution >= 0.6 is 38.9 Å². The summed E-state index contributed by atoms with van der Waals surface area (Å²) in [4.78, 5) is 1.18. The highest BCUT2D eigenvalue weighted by Crippen LogP contribution is 2.38. The van der Waals surface area contributed by atoms with Crippen LogP contribution in [0.1, 0.15) is 40.8 Å². The Morgan fingerprint density at radius 1 is 1.17 bits per heavy atom. The van der Waals surface area contributed by atoms with E-state index in [2.05, 4.69) is 59.4 Å². The Morgan fingerprint density at radius 2 is 1.89 bits per heavy atom. The van der Waals surface area contributed by atoms with Crippen molar-refractivity contribution in [3.63, 3.8) is 0 Å². The Morgan fingerprint density at radius 3 is 2.44 bits per heavy atom. The van der Waals surface area contributed by atoms with Crippen LogP contribution in [0.5, 0.6) is 0 Å². The van der Waals surface area contributed by atoms with Crippen LogP contribution in [0, 0.1) is 0 Å². The molecule has 1 aromatic carbocycles. The monoisotopic (exact) mass is 342 g/mol. The number of aryl methyl sites for hydroxylation is 2. The molecule has 2 aromatic rings. The molecule has 1 heterocycles. The average molecular weight is 344 g/mol. The van der Waals surface area contributed by atoms with Gasteiger partial charge in [0.1, 0.15) is 0 Å². The molecule has 1 unspecified atom stereocenters. The van der Waals surface area contributed by atoms with Gasteiger partial charge in [-0.25, -0.2) is 0 Å². The predicted octanol–water partition coefficient (Wildman–Crippen LogP) is 5.96. The lowest BCUT2D eigenvalue weighted by molar-refractivity contribution is 1.02. The van der Waals surface area contributed by atoms with Crippen molar-refractivity contribution in [2.75, 3.05) is 0 Å². The normalized spacial score (nSPS) is 12.7. The molecule has 0 radical (unpaired) electrons. The largest absolute Gasteiger partial charge is 0.146 e. The van der Waals surface area contributed by atoms with E-state index in [1.165, 1.54) is 21.6 Å². The quantitative estimate of drug-likeness (QED) is 0.600. The first-order valence-corrected chi connectivity index (χ1v) is 8.26. The first-order valence-electron chi connectivity index (χ1n) is 6.16. The fourth-order valence-corrected chi connectivity index (χ4v) is 4.26. The molecule has 1 atom stereocenters. The van der Waals surface area contributed by atoms with Crippen LogP contribution in [0.3, 0.4) is 0 Å². The molecule has 0 aliphatic carbocycles. The Balaban J connectivity index is 2.37. The van der Waals surface area contributed by atoms with E-state index in [1.54, 1.807) is 11.3 Å². The number of benzene rings is 1. The zero-order valence-electron chi connectivity index (χ0n) is 10.5. The highest BCUT2D eigenvalue weighted by molar-refractivity contribution is 9.10. The van der Waals surface area contributed by atoms with Crippen molar-refractivity contribution in [3.8, 4) is 0 Å². The van der Waals surface area contributed by atoms with E-state index in [1.807, 2.05) is 0 Å². The minimum atomic E-state index is -0.0596. The molecule has 0 saturated carbocycles. The number of rotatable bonds is 4. The van der Waals surface area contributed by atoms with Crippen LogP contribution in [-0.4, -0.2) is 0 Å². The molecule has 0 amide bonds. The van der Waals surface area contributed by atoms with Gasteiger partial charge in [-0.3, -0.25) is 0 Å². The molecule has 18 heavy (non-hydrogen) atoms. The Bertz CT molecular complexity index is 533. The van der Waals surface area contributed by atoms with E-state index in [-0.39, 0.29) is 5.38 Å². The third kappa shape index (κ3) is 2.81. The van der Waals surface area contributed by atoms with Crippen LogP contribution < -0.4 is 0 Å². The minimum absolute atomic E-state index is 0.0596. The lowest BCUT2D eigenvalue weighted by Crippen LogP contribution is -1.97. The maximum atomic E-state index is 6.58. The lowest BCUT2D eigenvalue weighted by atomic mass is 9.98. The van der Waals surface area contributed by atoms with Crippen molar-refractivity contribution in [1.82, 2.24) is 0 Å². The molecule has 2 rings (SSSR count). The van der Waals surface area contributed by atoms with E-state index >= 15 is 0 Å². The van der Waals surface area contributed by atoms with Crippen molar-refractivity contribution in [2.24, 2.45) is 0 Å². The summed E-state index contributed by atoms with van der Waals surface area (Å²) in [6.07, 6.45) is 2.14. The van der Waals surface area contributed by atoms with Crippen molar-refractivity contribution >= 4 is 38.9 Å². The number of halogens is 2. The molecule has 0 spiro atoms. The van der Waals surface area contributed by atoms with E-state index < -0.39 is 0 Å². The molecule has 1 aromatic heterocycles. The fourth-order valence-electron chi connectivity index (χ4n) is 2.12. The Hall–Kier alpha value is -0.310. The van der Waals surface area contributed by atoms with Crippen molar-refractivity contribution in [2.45, 2.75) is 32.1 Å². The van der Waals surface area contributed by atoms with Crippen molar-refractivity contribution in [1.29, 1.82) is 0 Å². The van der Waals surface area contributed by atoms with Crippen LogP contribution in [0.4, 0.5) is 0 Å². The zero-order valence-corrected chi connectivity index (χ0v) is 13.7. The highest BCUT2D eigenvalue weighted by Gasteiger charge is 2.16. The Labute approximate surface area is 126 Å². The van der Waals surface area contributed by atoms with Gasteiger partial charge in [-0.05, 0) is 56.9 Å². The smallest absolute Gasteiger partial charge is 0.0939 e. The number of alkyl halides is 1. The summed E-state index contributed by atoms with van der Waals surface area (Å²) in [5, 5.41) is 2.01. The summed E-state index contributed by atoms with van der Waals surface area (Å²) in [6, 6.07) is 8.67. The van der Waals surface area contributed by atoms with E-state index in [9.17, 15) is 0 Å². The van der Waals surface area contributed by atoms with Gasteiger partial charge >= 0.3 is 0 Å². The summed E-state index contributed by atoms with van der Waals surface area (Å²) < 4.78 is 1.10. The van der Waals surface area contributed by atoms with Crippen LogP contribution in [-0.2, 0) is 12.8 Å². The van der Waals surface area contributed by atoms with Gasteiger partial charge < -0.3 is 0 Å². The van der Waals surface area contributed by atoms with Gasteiger partial charge in [0.15, 0.2) is 0 Å². The second-order valence-electron chi connectivity index (χ2n) is 4.23. The molecule has 96 valence electrons. The van der Waals surface area contributed by atoms with Crippen molar-refractivity contribution < 1.29 is 0 Å². The van der Waals surface area contributed by atoms with E-state index in [4.69, 9.17) is 11.6 Å². The summed E-state index contributed by atoms with van der Waals surface area (Å²) in [5.74, 6) is 0. The maximum absolute atomic E-state index is 6.58. The molecule has 0 aliphatic heterocycles. The molecular weight excluding hydrogens is 328 g/mol. The molecule has 0 N–H and O–H groups in total. The minimum Gasteiger partial charge on any atom is -0.146 e. The van der Waals surface area contributed by atoms with Gasteiger partial charge in [0.2, 0.25) is 0 Å². The Kier molecular flexibility index (Phi) is 4.88. The number of hydrogen-bond donors (Lipinski definition) is 0. The topological polar surface area (TPSA) is 0 Å². The number of hydrogen-bond acceptors (Lipinski definition) is 1. The average Bonchev–Trinajstić information content (AvgIpc) is 2.83. The zero-order chi connectivity index (χ0) is 13.1. The SMILES string of the molecule is CCc1ccc(C(Cl)c2sccc2Br)cc1CC. The van der Waals surface area contributed by atoms with E-state index in [0.29, 0.717) is 0 Å². The molecule has 0 saturated heterocycles. The van der Waals surface area contributed by atoms with Gasteiger partial charge in [0, 0.05) is 9.35 Å². The van der Waals surface area contributed by atoms with Gasteiger partial charge in [-0.2, -0.15) is 0 Å². The van der Waals surface area contributed by atoms with Gasteiger partial charge in [0.25, 0.3) is 0 Å². The summed E-state index contributed by atoms with van der Waals surface area (Å²) in [7, 11) is 0. The maximum Gasteiger partial charge on any atom is 0.0939 e.